The van der Waals surface area contributed by atoms with Gasteiger partial charge in [0.1, 0.15) is 5.25 Å². The summed E-state index contributed by atoms with van der Waals surface area (Å²) in [7, 11) is -3.71. The molecular weight excluding hydrogens is 372 g/mol. The van der Waals surface area contributed by atoms with Crippen molar-refractivity contribution in [3.8, 4) is 0 Å². The van der Waals surface area contributed by atoms with Crippen LogP contribution in [0.4, 0.5) is 0 Å². The van der Waals surface area contributed by atoms with E-state index in [-0.39, 0.29) is 17.3 Å². The molecule has 5 nitrogen and oxygen atoms in total. The zero-order chi connectivity index (χ0) is 20.1. The summed E-state index contributed by atoms with van der Waals surface area (Å²) < 4.78 is 26.6. The molecule has 6 heteroatoms. The van der Waals surface area contributed by atoms with E-state index in [9.17, 15) is 13.2 Å². The Bertz CT molecular complexity index is 1060. The number of carbonyl (C=O) groups excluding carboxylic acids is 1. The number of nitrogens with zero attached hydrogens (tertiary/aromatic N) is 1. The Labute approximate surface area is 165 Å². The van der Waals surface area contributed by atoms with Gasteiger partial charge in [0.25, 0.3) is 5.91 Å². The second-order valence-corrected chi connectivity index (χ2v) is 8.79. The van der Waals surface area contributed by atoms with Gasteiger partial charge < -0.3 is 5.32 Å². The van der Waals surface area contributed by atoms with E-state index in [1.807, 2.05) is 26.0 Å². The molecule has 0 bridgehead atoms. The average molecular weight is 394 g/mol. The largest absolute Gasteiger partial charge is 0.350 e. The number of hydrogen-bond donors (Lipinski definition) is 1. The van der Waals surface area contributed by atoms with Gasteiger partial charge in [-0.3, -0.25) is 9.78 Å². The normalized spacial score (nSPS) is 12.4. The molecule has 1 heterocycles. The topological polar surface area (TPSA) is 76.1 Å². The first-order valence-electron chi connectivity index (χ1n) is 8.94. The second-order valence-electron chi connectivity index (χ2n) is 6.66. The standard InChI is InChI=1S/C22H22N2O3S/c1-16-9-11-19(12-10-16)28(26,27)21(18-7-5-13-23-14-18)15-24-22(25)20-8-4-3-6-17(20)2/h3-14,21H,15H2,1-2H3,(H,24,25)/t21-/m1/s1. The fraction of sp³-hybridized carbons (Fsp3) is 0.182. The molecule has 0 spiro atoms. The fourth-order valence-electron chi connectivity index (χ4n) is 2.97. The summed E-state index contributed by atoms with van der Waals surface area (Å²) in [6, 6.07) is 17.3. The van der Waals surface area contributed by atoms with E-state index >= 15 is 0 Å². The van der Waals surface area contributed by atoms with Crippen LogP contribution in [0.5, 0.6) is 0 Å². The highest BCUT2D eigenvalue weighted by molar-refractivity contribution is 7.91. The van der Waals surface area contributed by atoms with Crippen molar-refractivity contribution in [3.05, 3.63) is 95.3 Å². The lowest BCUT2D eigenvalue weighted by atomic mass is 10.1. The molecule has 0 fully saturated rings. The van der Waals surface area contributed by atoms with Gasteiger partial charge in [-0.15, -0.1) is 0 Å². The molecule has 0 unspecified atom stereocenters. The molecule has 144 valence electrons. The van der Waals surface area contributed by atoms with Crippen LogP contribution in [-0.4, -0.2) is 25.9 Å². The van der Waals surface area contributed by atoms with E-state index in [4.69, 9.17) is 0 Å². The first kappa shape index (κ1) is 19.8. The van der Waals surface area contributed by atoms with Gasteiger partial charge in [-0.05, 0) is 49.2 Å². The predicted molar refractivity (Wildman–Crippen MR) is 109 cm³/mol. The SMILES string of the molecule is Cc1ccc(S(=O)(=O)[C@H](CNC(=O)c2ccccc2C)c2cccnc2)cc1. The van der Waals surface area contributed by atoms with Crippen molar-refractivity contribution >= 4 is 15.7 Å². The van der Waals surface area contributed by atoms with Crippen LogP contribution in [0.3, 0.4) is 0 Å². The molecule has 0 aliphatic heterocycles. The average Bonchev–Trinajstić information content (AvgIpc) is 2.69. The van der Waals surface area contributed by atoms with Crippen molar-refractivity contribution in [3.63, 3.8) is 0 Å². The van der Waals surface area contributed by atoms with Crippen LogP contribution >= 0.6 is 0 Å². The second kappa shape index (κ2) is 8.35. The molecule has 0 saturated heterocycles. The molecule has 1 aromatic heterocycles. The molecule has 3 rings (SSSR count). The zero-order valence-corrected chi connectivity index (χ0v) is 16.6. The molecule has 2 aromatic carbocycles. The summed E-state index contributed by atoms with van der Waals surface area (Å²) in [4.78, 5) is 16.9. The molecule has 0 saturated carbocycles. The highest BCUT2D eigenvalue weighted by Crippen LogP contribution is 2.28. The van der Waals surface area contributed by atoms with E-state index in [2.05, 4.69) is 10.3 Å². The van der Waals surface area contributed by atoms with Gasteiger partial charge in [0.2, 0.25) is 0 Å². The Balaban J connectivity index is 1.91. The van der Waals surface area contributed by atoms with Crippen LogP contribution in [-0.2, 0) is 9.84 Å². The number of aromatic nitrogens is 1. The quantitative estimate of drug-likeness (QED) is 0.692. The molecule has 0 aliphatic carbocycles. The first-order valence-corrected chi connectivity index (χ1v) is 10.5. The third-order valence-electron chi connectivity index (χ3n) is 4.62. The minimum atomic E-state index is -3.71. The Morgan fingerprint density at radius 1 is 1.00 bits per heavy atom. The van der Waals surface area contributed by atoms with Gasteiger partial charge in [-0.2, -0.15) is 0 Å². The summed E-state index contributed by atoms with van der Waals surface area (Å²) in [5, 5.41) is 1.85. The summed E-state index contributed by atoms with van der Waals surface area (Å²) in [6.45, 7) is 3.70. The molecular formula is C22H22N2O3S. The number of amides is 1. The summed E-state index contributed by atoms with van der Waals surface area (Å²) in [5.74, 6) is -0.300. The lowest BCUT2D eigenvalue weighted by Crippen LogP contribution is -2.32. The molecule has 1 atom stereocenters. The Hall–Kier alpha value is -2.99. The molecule has 3 aromatic rings. The van der Waals surface area contributed by atoms with E-state index in [1.165, 1.54) is 6.20 Å². The van der Waals surface area contributed by atoms with Crippen LogP contribution in [0.1, 0.15) is 32.3 Å². The van der Waals surface area contributed by atoms with E-state index in [1.54, 1.807) is 54.7 Å². The number of hydrogen-bond acceptors (Lipinski definition) is 4. The van der Waals surface area contributed by atoms with Crippen molar-refractivity contribution < 1.29 is 13.2 Å². The number of benzene rings is 2. The van der Waals surface area contributed by atoms with Gasteiger partial charge in [-0.25, -0.2) is 8.42 Å². The zero-order valence-electron chi connectivity index (χ0n) is 15.8. The van der Waals surface area contributed by atoms with Crippen LogP contribution in [0.15, 0.2) is 78.0 Å². The van der Waals surface area contributed by atoms with E-state index in [0.29, 0.717) is 11.1 Å². The Morgan fingerprint density at radius 2 is 1.71 bits per heavy atom. The van der Waals surface area contributed by atoms with E-state index < -0.39 is 15.1 Å². The van der Waals surface area contributed by atoms with E-state index in [0.717, 1.165) is 11.1 Å². The lowest BCUT2D eigenvalue weighted by Gasteiger charge is -2.19. The summed E-state index contributed by atoms with van der Waals surface area (Å²) >= 11 is 0. The number of pyridine rings is 1. The summed E-state index contributed by atoms with van der Waals surface area (Å²) in [5.41, 5.74) is 2.87. The number of rotatable bonds is 6. The van der Waals surface area contributed by atoms with Gasteiger partial charge >= 0.3 is 0 Å². The highest BCUT2D eigenvalue weighted by atomic mass is 32.2. The monoisotopic (exact) mass is 394 g/mol. The van der Waals surface area contributed by atoms with Crippen LogP contribution in [0.25, 0.3) is 0 Å². The number of aryl methyl sites for hydroxylation is 2. The number of nitrogens with one attached hydrogen (secondary N) is 1. The van der Waals surface area contributed by atoms with Crippen molar-refractivity contribution in [1.82, 2.24) is 10.3 Å². The first-order chi connectivity index (χ1) is 13.4. The van der Waals surface area contributed by atoms with Gasteiger partial charge in [0.15, 0.2) is 9.84 Å². The summed E-state index contributed by atoms with van der Waals surface area (Å²) in [6.07, 6.45) is 3.11. The van der Waals surface area contributed by atoms with Crippen molar-refractivity contribution in [2.24, 2.45) is 0 Å². The minimum Gasteiger partial charge on any atom is -0.350 e. The maximum atomic E-state index is 13.3. The molecule has 1 N–H and O–H groups in total. The molecule has 28 heavy (non-hydrogen) atoms. The Morgan fingerprint density at radius 3 is 2.36 bits per heavy atom. The van der Waals surface area contributed by atoms with Crippen molar-refractivity contribution in [2.45, 2.75) is 24.0 Å². The van der Waals surface area contributed by atoms with Crippen molar-refractivity contribution in [2.75, 3.05) is 6.54 Å². The third-order valence-corrected chi connectivity index (χ3v) is 6.74. The molecule has 0 radical (unpaired) electrons. The minimum absolute atomic E-state index is 0.0466. The van der Waals surface area contributed by atoms with Crippen LogP contribution in [0, 0.1) is 13.8 Å². The van der Waals surface area contributed by atoms with Crippen molar-refractivity contribution in [1.29, 1.82) is 0 Å². The maximum Gasteiger partial charge on any atom is 0.251 e. The van der Waals surface area contributed by atoms with Gasteiger partial charge in [-0.1, -0.05) is 42.0 Å². The van der Waals surface area contributed by atoms with Crippen LogP contribution in [0.2, 0.25) is 0 Å². The van der Waals surface area contributed by atoms with Gasteiger partial charge in [0, 0.05) is 24.5 Å². The number of sulfone groups is 1. The predicted octanol–water partition coefficient (Wildman–Crippen LogP) is 3.64. The smallest absolute Gasteiger partial charge is 0.251 e. The lowest BCUT2D eigenvalue weighted by molar-refractivity contribution is 0.0953. The number of carbonyl (C=O) groups is 1. The highest BCUT2D eigenvalue weighted by Gasteiger charge is 2.30. The fourth-order valence-corrected chi connectivity index (χ4v) is 4.62. The maximum absolute atomic E-state index is 13.3. The van der Waals surface area contributed by atoms with Gasteiger partial charge in [0.05, 0.1) is 4.90 Å². The Kier molecular flexibility index (Phi) is 5.90. The third kappa shape index (κ3) is 4.28. The molecule has 0 aliphatic rings. The molecule has 1 amide bonds. The van der Waals surface area contributed by atoms with Crippen LogP contribution < -0.4 is 5.32 Å².